The molecular weight excluding hydrogens is 240 g/mol. The van der Waals surface area contributed by atoms with E-state index in [1.54, 1.807) is 7.11 Å². The van der Waals surface area contributed by atoms with Gasteiger partial charge >= 0.3 is 0 Å². The summed E-state index contributed by atoms with van der Waals surface area (Å²) in [5.41, 5.74) is 2.23. The Morgan fingerprint density at radius 3 is 2.79 bits per heavy atom. The van der Waals surface area contributed by atoms with Crippen molar-refractivity contribution >= 4 is 15.9 Å². The minimum atomic E-state index is 0.880. The Hall–Kier alpha value is -0.940. The molecule has 0 aliphatic rings. The lowest BCUT2D eigenvalue weighted by Gasteiger charge is -2.02. The maximum atomic E-state index is 5.12. The van der Waals surface area contributed by atoms with E-state index in [1.807, 2.05) is 25.1 Å². The lowest BCUT2D eigenvalue weighted by atomic mass is 10.1. The molecule has 0 fully saturated rings. The van der Waals surface area contributed by atoms with Crippen molar-refractivity contribution in [3.8, 4) is 17.6 Å². The standard InChI is InChI=1S/C12H13BrO/c1-10-9-12(14-2)7-6-11(10)5-3-4-8-13/h6-7,9H,4,8H2,1-2H3. The zero-order chi connectivity index (χ0) is 10.4. The topological polar surface area (TPSA) is 9.23 Å². The highest BCUT2D eigenvalue weighted by atomic mass is 79.9. The lowest BCUT2D eigenvalue weighted by Crippen LogP contribution is -1.86. The van der Waals surface area contributed by atoms with Crippen LogP contribution in [0.1, 0.15) is 17.5 Å². The van der Waals surface area contributed by atoms with E-state index < -0.39 is 0 Å². The first-order valence-electron chi connectivity index (χ1n) is 4.47. The van der Waals surface area contributed by atoms with Crippen molar-refractivity contribution in [2.75, 3.05) is 12.4 Å². The van der Waals surface area contributed by atoms with Crippen LogP contribution in [0.3, 0.4) is 0 Å². The fourth-order valence-corrected chi connectivity index (χ4v) is 1.31. The Morgan fingerprint density at radius 2 is 2.21 bits per heavy atom. The number of methoxy groups -OCH3 is 1. The summed E-state index contributed by atoms with van der Waals surface area (Å²) >= 11 is 3.34. The summed E-state index contributed by atoms with van der Waals surface area (Å²) in [5.74, 6) is 7.10. The molecule has 0 bridgehead atoms. The predicted molar refractivity (Wildman–Crippen MR) is 63.0 cm³/mol. The molecule has 0 unspecified atom stereocenters. The fourth-order valence-electron chi connectivity index (χ4n) is 1.11. The Labute approximate surface area is 93.6 Å². The van der Waals surface area contributed by atoms with Gasteiger partial charge in [-0.05, 0) is 30.7 Å². The minimum Gasteiger partial charge on any atom is -0.497 e. The second-order valence-corrected chi connectivity index (χ2v) is 3.71. The molecule has 0 aliphatic heterocycles. The zero-order valence-corrected chi connectivity index (χ0v) is 10.0. The first kappa shape index (κ1) is 11.1. The van der Waals surface area contributed by atoms with Crippen LogP contribution in [0.4, 0.5) is 0 Å². The van der Waals surface area contributed by atoms with Crippen LogP contribution in [-0.4, -0.2) is 12.4 Å². The molecule has 0 saturated heterocycles. The Morgan fingerprint density at radius 1 is 1.43 bits per heavy atom. The van der Waals surface area contributed by atoms with E-state index >= 15 is 0 Å². The van der Waals surface area contributed by atoms with Crippen LogP contribution in [0.5, 0.6) is 5.75 Å². The third kappa shape index (κ3) is 3.08. The number of ether oxygens (including phenoxy) is 1. The lowest BCUT2D eigenvalue weighted by molar-refractivity contribution is 0.414. The molecule has 0 amide bonds. The highest BCUT2D eigenvalue weighted by Gasteiger charge is 1.96. The third-order valence-corrected chi connectivity index (χ3v) is 2.27. The average Bonchev–Trinajstić information content (AvgIpc) is 2.20. The van der Waals surface area contributed by atoms with Crippen LogP contribution < -0.4 is 4.74 Å². The molecule has 1 nitrogen and oxygen atoms in total. The predicted octanol–water partition coefficient (Wildman–Crippen LogP) is 3.14. The minimum absolute atomic E-state index is 0.880. The summed E-state index contributed by atoms with van der Waals surface area (Å²) in [4.78, 5) is 0. The van der Waals surface area contributed by atoms with Crippen LogP contribution >= 0.6 is 15.9 Å². The molecule has 0 radical (unpaired) electrons. The van der Waals surface area contributed by atoms with Gasteiger partial charge in [0, 0.05) is 17.3 Å². The number of benzene rings is 1. The van der Waals surface area contributed by atoms with Crippen molar-refractivity contribution < 1.29 is 4.74 Å². The Kier molecular flexibility index (Phi) is 4.55. The molecule has 0 heterocycles. The summed E-state index contributed by atoms with van der Waals surface area (Å²) in [5, 5.41) is 0.926. The van der Waals surface area contributed by atoms with E-state index in [1.165, 1.54) is 0 Å². The van der Waals surface area contributed by atoms with Crippen LogP contribution in [0.2, 0.25) is 0 Å². The quantitative estimate of drug-likeness (QED) is 0.581. The number of rotatable bonds is 2. The first-order valence-corrected chi connectivity index (χ1v) is 5.59. The molecule has 0 saturated carbocycles. The number of alkyl halides is 1. The van der Waals surface area contributed by atoms with Gasteiger partial charge in [-0.3, -0.25) is 0 Å². The number of hydrogen-bond acceptors (Lipinski definition) is 1. The zero-order valence-electron chi connectivity index (χ0n) is 8.43. The van der Waals surface area contributed by atoms with Gasteiger partial charge in [0.15, 0.2) is 0 Å². The molecule has 2 heteroatoms. The van der Waals surface area contributed by atoms with Gasteiger partial charge < -0.3 is 4.74 Å². The average molecular weight is 253 g/mol. The van der Waals surface area contributed by atoms with Crippen LogP contribution in [0.15, 0.2) is 18.2 Å². The first-order chi connectivity index (χ1) is 6.77. The second-order valence-electron chi connectivity index (χ2n) is 2.92. The number of halogens is 1. The molecule has 0 aliphatic carbocycles. The summed E-state index contributed by atoms with van der Waals surface area (Å²) in [7, 11) is 1.67. The van der Waals surface area contributed by atoms with Gasteiger partial charge in [0.25, 0.3) is 0 Å². The molecule has 14 heavy (non-hydrogen) atoms. The molecule has 0 aromatic heterocycles. The van der Waals surface area contributed by atoms with Crippen LogP contribution in [0.25, 0.3) is 0 Å². The number of hydrogen-bond donors (Lipinski definition) is 0. The molecule has 1 aromatic carbocycles. The SMILES string of the molecule is COc1ccc(C#CCCBr)c(C)c1. The van der Waals surface area contributed by atoms with Crippen molar-refractivity contribution in [3.05, 3.63) is 29.3 Å². The summed E-state index contributed by atoms with van der Waals surface area (Å²) in [6.45, 7) is 2.04. The highest BCUT2D eigenvalue weighted by Crippen LogP contribution is 2.15. The summed E-state index contributed by atoms with van der Waals surface area (Å²) in [6, 6.07) is 5.93. The van der Waals surface area contributed by atoms with Gasteiger partial charge in [-0.1, -0.05) is 27.8 Å². The van der Waals surface area contributed by atoms with Crippen molar-refractivity contribution in [1.82, 2.24) is 0 Å². The van der Waals surface area contributed by atoms with Gasteiger partial charge in [0.05, 0.1) is 7.11 Å². The van der Waals surface area contributed by atoms with E-state index in [0.29, 0.717) is 0 Å². The van der Waals surface area contributed by atoms with Crippen LogP contribution in [0, 0.1) is 18.8 Å². The van der Waals surface area contributed by atoms with E-state index in [2.05, 4.69) is 27.8 Å². The van der Waals surface area contributed by atoms with E-state index in [4.69, 9.17) is 4.74 Å². The molecular formula is C12H13BrO. The smallest absolute Gasteiger partial charge is 0.119 e. The summed E-state index contributed by atoms with van der Waals surface area (Å²) in [6.07, 6.45) is 0.880. The molecule has 74 valence electrons. The molecule has 0 spiro atoms. The molecule has 0 N–H and O–H groups in total. The van der Waals surface area contributed by atoms with Gasteiger partial charge in [-0.2, -0.15) is 0 Å². The molecule has 0 atom stereocenters. The monoisotopic (exact) mass is 252 g/mol. The largest absolute Gasteiger partial charge is 0.497 e. The molecule has 1 rings (SSSR count). The van der Waals surface area contributed by atoms with Gasteiger partial charge in [-0.25, -0.2) is 0 Å². The van der Waals surface area contributed by atoms with E-state index in [0.717, 1.165) is 28.6 Å². The number of aryl methyl sites for hydroxylation is 1. The van der Waals surface area contributed by atoms with Crippen molar-refractivity contribution in [1.29, 1.82) is 0 Å². The fraction of sp³-hybridized carbons (Fsp3) is 0.333. The van der Waals surface area contributed by atoms with Crippen LogP contribution in [-0.2, 0) is 0 Å². The maximum absolute atomic E-state index is 5.12. The van der Waals surface area contributed by atoms with E-state index in [-0.39, 0.29) is 0 Å². The van der Waals surface area contributed by atoms with Gasteiger partial charge in [-0.15, -0.1) is 0 Å². The van der Waals surface area contributed by atoms with Crippen molar-refractivity contribution in [2.45, 2.75) is 13.3 Å². The third-order valence-electron chi connectivity index (χ3n) is 1.88. The molecule has 1 aromatic rings. The highest BCUT2D eigenvalue weighted by molar-refractivity contribution is 9.09. The second kappa shape index (κ2) is 5.72. The van der Waals surface area contributed by atoms with Gasteiger partial charge in [0.1, 0.15) is 5.75 Å². The maximum Gasteiger partial charge on any atom is 0.119 e. The van der Waals surface area contributed by atoms with Crippen molar-refractivity contribution in [3.63, 3.8) is 0 Å². The van der Waals surface area contributed by atoms with Gasteiger partial charge in [0.2, 0.25) is 0 Å². The normalized spacial score (nSPS) is 9.07. The Bertz CT molecular complexity index is 360. The Balaban J connectivity index is 2.85. The summed E-state index contributed by atoms with van der Waals surface area (Å²) < 4.78 is 5.12. The van der Waals surface area contributed by atoms with E-state index in [9.17, 15) is 0 Å². The van der Waals surface area contributed by atoms with Crippen molar-refractivity contribution in [2.24, 2.45) is 0 Å².